The average molecular weight is 398 g/mol. The van der Waals surface area contributed by atoms with Gasteiger partial charge in [-0.25, -0.2) is 0 Å². The van der Waals surface area contributed by atoms with Gasteiger partial charge in [0.25, 0.3) is 0 Å². The Bertz CT molecular complexity index is 1120. The van der Waals surface area contributed by atoms with Crippen molar-refractivity contribution in [3.8, 4) is 28.7 Å². The summed E-state index contributed by atoms with van der Waals surface area (Å²) in [6, 6.07) is 2.51. The molecule has 0 amide bonds. The van der Waals surface area contributed by atoms with Crippen molar-refractivity contribution in [3.63, 3.8) is 0 Å². The lowest BCUT2D eigenvalue weighted by molar-refractivity contribution is -0.243. The molecule has 2 aromatic rings. The highest BCUT2D eigenvalue weighted by Crippen LogP contribution is 2.53. The molecule has 2 bridgehead atoms. The molecule has 1 saturated heterocycles. The van der Waals surface area contributed by atoms with Crippen LogP contribution in [0.4, 0.5) is 0 Å². The summed E-state index contributed by atoms with van der Waals surface area (Å²) in [6.45, 7) is 1.79. The SMILES string of the molecule is COc1c(O)cc2c(c1O)C(=O)c1c(cc3c(c1O)[C@@H]1CCC[C@](C)(O3)O1)C2=O. The largest absolute Gasteiger partial charge is 0.507 e. The van der Waals surface area contributed by atoms with Crippen molar-refractivity contribution in [3.05, 3.63) is 39.9 Å². The van der Waals surface area contributed by atoms with Crippen molar-refractivity contribution in [2.24, 2.45) is 0 Å². The van der Waals surface area contributed by atoms with E-state index in [2.05, 4.69) is 0 Å². The first kappa shape index (κ1) is 17.8. The average Bonchev–Trinajstić information content (AvgIpc) is 2.65. The molecule has 2 heterocycles. The quantitative estimate of drug-likeness (QED) is 0.572. The van der Waals surface area contributed by atoms with Gasteiger partial charge < -0.3 is 29.5 Å². The summed E-state index contributed by atoms with van der Waals surface area (Å²) in [7, 11) is 1.22. The van der Waals surface area contributed by atoms with Gasteiger partial charge in [0.05, 0.1) is 29.9 Å². The summed E-state index contributed by atoms with van der Waals surface area (Å²) in [4.78, 5) is 26.3. The Balaban J connectivity index is 1.77. The van der Waals surface area contributed by atoms with Gasteiger partial charge in [-0.2, -0.15) is 0 Å². The predicted molar refractivity (Wildman–Crippen MR) is 98.0 cm³/mol. The molecule has 0 radical (unpaired) electrons. The Kier molecular flexibility index (Phi) is 3.46. The number of phenols is 3. The standard InChI is InChI=1S/C21H18O8/c1-21-5-3-4-11(28-21)15-12(29-21)7-9-13(18(15)25)17(24)14-8(16(9)23)6-10(22)20(27-2)19(14)26/h6-7,11,22,25-26H,3-5H2,1-2H3/t11-,21-/m0/s1. The molecule has 3 aliphatic rings. The summed E-state index contributed by atoms with van der Waals surface area (Å²) < 4.78 is 16.8. The monoisotopic (exact) mass is 398 g/mol. The number of fused-ring (bicyclic) bond motifs is 6. The smallest absolute Gasteiger partial charge is 0.208 e. The van der Waals surface area contributed by atoms with Gasteiger partial charge in [0.15, 0.2) is 17.3 Å². The van der Waals surface area contributed by atoms with Crippen LogP contribution in [0, 0.1) is 0 Å². The maximum absolute atomic E-state index is 13.2. The number of rotatable bonds is 1. The highest BCUT2D eigenvalue weighted by Gasteiger charge is 2.46. The van der Waals surface area contributed by atoms with Gasteiger partial charge in [-0.3, -0.25) is 9.59 Å². The second-order valence-corrected chi connectivity index (χ2v) is 7.65. The third-order valence-electron chi connectivity index (χ3n) is 5.82. The van der Waals surface area contributed by atoms with Crippen molar-refractivity contribution in [2.75, 3.05) is 7.11 Å². The Labute approximate surface area is 165 Å². The molecule has 8 nitrogen and oxygen atoms in total. The first-order valence-electron chi connectivity index (χ1n) is 9.24. The number of phenolic OH excluding ortho intramolecular Hbond substituents is 3. The van der Waals surface area contributed by atoms with Crippen LogP contribution in [0.15, 0.2) is 12.1 Å². The fourth-order valence-electron chi connectivity index (χ4n) is 4.52. The van der Waals surface area contributed by atoms with E-state index in [1.807, 2.05) is 0 Å². The number of benzene rings is 2. The van der Waals surface area contributed by atoms with Crippen LogP contribution in [-0.2, 0) is 4.74 Å². The van der Waals surface area contributed by atoms with Gasteiger partial charge in [0.2, 0.25) is 17.3 Å². The molecule has 8 heteroatoms. The van der Waals surface area contributed by atoms with Gasteiger partial charge in [0.1, 0.15) is 11.5 Å². The van der Waals surface area contributed by atoms with E-state index in [9.17, 15) is 24.9 Å². The summed E-state index contributed by atoms with van der Waals surface area (Å²) in [5.41, 5.74) is -0.428. The van der Waals surface area contributed by atoms with E-state index in [0.717, 1.165) is 12.5 Å². The van der Waals surface area contributed by atoms with Crippen LogP contribution in [-0.4, -0.2) is 39.8 Å². The lowest BCUT2D eigenvalue weighted by atomic mass is 9.80. The van der Waals surface area contributed by atoms with Crippen LogP contribution < -0.4 is 9.47 Å². The highest BCUT2D eigenvalue weighted by molar-refractivity contribution is 6.31. The minimum atomic E-state index is -0.861. The first-order valence-corrected chi connectivity index (χ1v) is 9.24. The summed E-state index contributed by atoms with van der Waals surface area (Å²) in [5, 5.41) is 31.5. The zero-order valence-electron chi connectivity index (χ0n) is 15.7. The molecule has 0 aromatic heterocycles. The molecule has 29 heavy (non-hydrogen) atoms. The maximum atomic E-state index is 13.2. The second-order valence-electron chi connectivity index (χ2n) is 7.65. The van der Waals surface area contributed by atoms with E-state index in [4.69, 9.17) is 14.2 Å². The molecule has 5 rings (SSSR count). The Hall–Kier alpha value is -3.26. The first-order chi connectivity index (χ1) is 13.8. The van der Waals surface area contributed by atoms with Crippen LogP contribution in [0.5, 0.6) is 28.7 Å². The van der Waals surface area contributed by atoms with Gasteiger partial charge >= 0.3 is 0 Å². The number of carbonyl (C=O) groups excluding carboxylic acids is 2. The number of methoxy groups -OCH3 is 1. The Morgan fingerprint density at radius 2 is 1.76 bits per heavy atom. The number of ketones is 2. The van der Waals surface area contributed by atoms with Crippen molar-refractivity contribution >= 4 is 11.6 Å². The molecule has 1 aliphatic carbocycles. The van der Waals surface area contributed by atoms with E-state index < -0.39 is 35.0 Å². The fraction of sp³-hybridized carbons (Fsp3) is 0.333. The van der Waals surface area contributed by atoms with Gasteiger partial charge in [-0.05, 0) is 25.0 Å². The van der Waals surface area contributed by atoms with E-state index in [-0.39, 0.29) is 33.8 Å². The molecule has 3 N–H and O–H groups in total. The van der Waals surface area contributed by atoms with Crippen LogP contribution in [0.3, 0.4) is 0 Å². The molecule has 2 aliphatic heterocycles. The normalized spacial score (nSPS) is 24.3. The number of hydrogen-bond acceptors (Lipinski definition) is 8. The summed E-state index contributed by atoms with van der Waals surface area (Å²) in [5.74, 6) is -3.75. The van der Waals surface area contributed by atoms with E-state index in [1.54, 1.807) is 6.92 Å². The Morgan fingerprint density at radius 3 is 2.48 bits per heavy atom. The summed E-state index contributed by atoms with van der Waals surface area (Å²) in [6.07, 6.45) is 1.67. The predicted octanol–water partition coefficient (Wildman–Crippen LogP) is 2.94. The minimum absolute atomic E-state index is 0.0497. The second kappa shape index (κ2) is 5.64. The lowest BCUT2D eigenvalue weighted by Gasteiger charge is -2.44. The van der Waals surface area contributed by atoms with Gasteiger partial charge in [-0.1, -0.05) is 0 Å². The zero-order valence-corrected chi connectivity index (χ0v) is 15.7. The number of ether oxygens (including phenoxy) is 3. The Morgan fingerprint density at radius 1 is 1.07 bits per heavy atom. The molecule has 0 unspecified atom stereocenters. The van der Waals surface area contributed by atoms with Gasteiger partial charge in [0, 0.05) is 24.5 Å². The third-order valence-corrected chi connectivity index (χ3v) is 5.82. The van der Waals surface area contributed by atoms with Crippen molar-refractivity contribution in [1.29, 1.82) is 0 Å². The number of hydrogen-bond donors (Lipinski definition) is 3. The van der Waals surface area contributed by atoms with Crippen molar-refractivity contribution in [2.45, 2.75) is 38.1 Å². The van der Waals surface area contributed by atoms with Crippen LogP contribution >= 0.6 is 0 Å². The van der Waals surface area contributed by atoms with Crippen molar-refractivity contribution in [1.82, 2.24) is 0 Å². The highest BCUT2D eigenvalue weighted by atomic mass is 16.7. The van der Waals surface area contributed by atoms with Crippen LogP contribution in [0.25, 0.3) is 0 Å². The molecule has 0 spiro atoms. The van der Waals surface area contributed by atoms with Crippen molar-refractivity contribution < 1.29 is 39.1 Å². The van der Waals surface area contributed by atoms with Crippen LogP contribution in [0.2, 0.25) is 0 Å². The number of carbonyl (C=O) groups is 2. The molecular formula is C21H18O8. The van der Waals surface area contributed by atoms with Crippen LogP contribution in [0.1, 0.15) is 69.7 Å². The third kappa shape index (κ3) is 2.23. The fourth-order valence-corrected chi connectivity index (χ4v) is 4.52. The molecule has 2 aromatic carbocycles. The molecular weight excluding hydrogens is 380 g/mol. The molecule has 2 atom stereocenters. The lowest BCUT2D eigenvalue weighted by Crippen LogP contribution is -2.44. The molecule has 150 valence electrons. The topological polar surface area (TPSA) is 123 Å². The zero-order chi connectivity index (χ0) is 20.7. The van der Waals surface area contributed by atoms with E-state index >= 15 is 0 Å². The number of aromatic hydroxyl groups is 3. The summed E-state index contributed by atoms with van der Waals surface area (Å²) >= 11 is 0. The minimum Gasteiger partial charge on any atom is -0.507 e. The van der Waals surface area contributed by atoms with Gasteiger partial charge in [-0.15, -0.1) is 0 Å². The molecule has 0 saturated carbocycles. The van der Waals surface area contributed by atoms with E-state index in [1.165, 1.54) is 13.2 Å². The molecule has 1 fully saturated rings. The maximum Gasteiger partial charge on any atom is 0.208 e. The van der Waals surface area contributed by atoms with E-state index in [0.29, 0.717) is 24.2 Å².